The summed E-state index contributed by atoms with van der Waals surface area (Å²) >= 11 is 0. The van der Waals surface area contributed by atoms with Crippen molar-refractivity contribution in [3.8, 4) is 0 Å². The third kappa shape index (κ3) is 4.48. The first-order valence-electron chi connectivity index (χ1n) is 8.07. The first-order valence-corrected chi connectivity index (χ1v) is 8.07. The van der Waals surface area contributed by atoms with Crippen LogP contribution < -0.4 is 5.32 Å². The van der Waals surface area contributed by atoms with E-state index in [9.17, 15) is 4.79 Å². The van der Waals surface area contributed by atoms with E-state index in [1.807, 2.05) is 11.8 Å². The second kappa shape index (κ2) is 7.82. The van der Waals surface area contributed by atoms with E-state index in [0.717, 1.165) is 31.2 Å². The highest BCUT2D eigenvalue weighted by atomic mass is 16.2. The summed E-state index contributed by atoms with van der Waals surface area (Å²) in [5.74, 6) is 0.852. The number of amides is 2. The van der Waals surface area contributed by atoms with Gasteiger partial charge in [-0.15, -0.1) is 0 Å². The summed E-state index contributed by atoms with van der Waals surface area (Å²) in [5, 5.41) is 9.74. The van der Waals surface area contributed by atoms with Gasteiger partial charge in [0.05, 0.1) is 12.2 Å². The maximum atomic E-state index is 12.4. The Kier molecular flexibility index (Phi) is 5.32. The quantitative estimate of drug-likeness (QED) is 0.803. The van der Waals surface area contributed by atoms with Gasteiger partial charge >= 0.3 is 6.03 Å². The van der Waals surface area contributed by atoms with E-state index in [2.05, 4.69) is 35.4 Å². The number of nitrogens with one attached hydrogen (secondary N) is 2. The fourth-order valence-electron chi connectivity index (χ4n) is 2.73. The summed E-state index contributed by atoms with van der Waals surface area (Å²) in [5.41, 5.74) is 0.877. The molecule has 2 aromatic heterocycles. The van der Waals surface area contributed by atoms with Crippen molar-refractivity contribution in [2.75, 3.05) is 26.2 Å². The lowest BCUT2D eigenvalue weighted by Gasteiger charge is -2.34. The maximum Gasteiger partial charge on any atom is 0.317 e. The van der Waals surface area contributed by atoms with Crippen LogP contribution in [-0.4, -0.2) is 73.2 Å². The zero-order valence-electron chi connectivity index (χ0n) is 13.7. The Morgan fingerprint density at radius 1 is 1.29 bits per heavy atom. The Labute approximate surface area is 140 Å². The third-order valence-electron chi connectivity index (χ3n) is 4.00. The molecule has 3 heterocycles. The molecule has 2 N–H and O–H groups in total. The van der Waals surface area contributed by atoms with E-state index >= 15 is 0 Å². The predicted octanol–water partition coefficient (Wildman–Crippen LogP) is 0.0531. The predicted molar refractivity (Wildman–Crippen MR) is 87.0 cm³/mol. The lowest BCUT2D eigenvalue weighted by Crippen LogP contribution is -2.53. The molecular weight excluding hydrogens is 308 g/mol. The maximum absolute atomic E-state index is 12.4. The van der Waals surface area contributed by atoms with Gasteiger partial charge in [-0.25, -0.2) is 9.78 Å². The van der Waals surface area contributed by atoms with Gasteiger partial charge in [-0.3, -0.25) is 20.0 Å². The molecule has 1 saturated heterocycles. The molecule has 128 valence electrons. The van der Waals surface area contributed by atoms with Crippen LogP contribution >= 0.6 is 0 Å². The highest BCUT2D eigenvalue weighted by Gasteiger charge is 2.22. The van der Waals surface area contributed by atoms with Crippen LogP contribution in [0.2, 0.25) is 0 Å². The minimum absolute atomic E-state index is 0.0152. The summed E-state index contributed by atoms with van der Waals surface area (Å²) in [6.07, 6.45) is 7.22. The number of H-pyrrole nitrogens is 1. The van der Waals surface area contributed by atoms with Gasteiger partial charge in [0.25, 0.3) is 0 Å². The standard InChI is InChI=1S/C15H22N8O/c1-12(8-13-9-16-2-3-17-13)20-15(24)23-6-4-22(5-7-23)10-14-18-11-19-21-14/h2-3,9,11-12H,4-8,10H2,1H3,(H,20,24)(H,18,19,21)/t12-/m0/s1. The Morgan fingerprint density at radius 3 is 2.79 bits per heavy atom. The van der Waals surface area contributed by atoms with Crippen molar-refractivity contribution in [3.05, 3.63) is 36.4 Å². The van der Waals surface area contributed by atoms with Crippen molar-refractivity contribution >= 4 is 6.03 Å². The van der Waals surface area contributed by atoms with Gasteiger partial charge in [0.15, 0.2) is 0 Å². The minimum atomic E-state index is -0.0225. The average Bonchev–Trinajstić information content (AvgIpc) is 3.09. The highest BCUT2D eigenvalue weighted by Crippen LogP contribution is 2.06. The van der Waals surface area contributed by atoms with Gasteiger partial charge in [-0.05, 0) is 6.92 Å². The monoisotopic (exact) mass is 330 g/mol. The molecule has 0 saturated carbocycles. The van der Waals surface area contributed by atoms with E-state index in [1.54, 1.807) is 18.6 Å². The van der Waals surface area contributed by atoms with Gasteiger partial charge in [0.2, 0.25) is 0 Å². The first kappa shape index (κ1) is 16.3. The Hall–Kier alpha value is -2.55. The highest BCUT2D eigenvalue weighted by molar-refractivity contribution is 5.74. The van der Waals surface area contributed by atoms with Crippen LogP contribution in [0, 0.1) is 0 Å². The molecule has 0 unspecified atom stereocenters. The van der Waals surface area contributed by atoms with E-state index in [0.29, 0.717) is 19.5 Å². The van der Waals surface area contributed by atoms with E-state index in [4.69, 9.17) is 0 Å². The molecular formula is C15H22N8O. The number of piperazine rings is 1. The second-order valence-electron chi connectivity index (χ2n) is 5.95. The SMILES string of the molecule is C[C@@H](Cc1cnccn1)NC(=O)N1CCN(Cc2ncn[nH]2)CC1. The van der Waals surface area contributed by atoms with Crippen LogP contribution in [-0.2, 0) is 13.0 Å². The molecule has 1 fully saturated rings. The van der Waals surface area contributed by atoms with Crippen LogP contribution in [0.25, 0.3) is 0 Å². The molecule has 0 aromatic carbocycles. The summed E-state index contributed by atoms with van der Waals surface area (Å²) in [6, 6.07) is -0.00729. The van der Waals surface area contributed by atoms with Crippen LogP contribution in [0.15, 0.2) is 24.9 Å². The molecule has 1 aliphatic heterocycles. The largest absolute Gasteiger partial charge is 0.335 e. The van der Waals surface area contributed by atoms with E-state index in [-0.39, 0.29) is 12.1 Å². The zero-order chi connectivity index (χ0) is 16.8. The second-order valence-corrected chi connectivity index (χ2v) is 5.95. The molecule has 1 aliphatic rings. The van der Waals surface area contributed by atoms with Crippen LogP contribution in [0.1, 0.15) is 18.4 Å². The first-order chi connectivity index (χ1) is 11.7. The number of hydrogen-bond acceptors (Lipinski definition) is 6. The number of aromatic nitrogens is 5. The fraction of sp³-hybridized carbons (Fsp3) is 0.533. The van der Waals surface area contributed by atoms with E-state index < -0.39 is 0 Å². The Balaban J connectivity index is 1.41. The summed E-state index contributed by atoms with van der Waals surface area (Å²) in [4.78, 5) is 28.9. The number of carbonyl (C=O) groups is 1. The molecule has 2 amide bonds. The number of hydrogen-bond donors (Lipinski definition) is 2. The van der Waals surface area contributed by atoms with Crippen LogP contribution in [0.4, 0.5) is 4.79 Å². The van der Waals surface area contributed by atoms with Gasteiger partial charge in [-0.2, -0.15) is 5.10 Å². The van der Waals surface area contributed by atoms with Crippen molar-refractivity contribution in [2.24, 2.45) is 0 Å². The smallest absolute Gasteiger partial charge is 0.317 e. The Morgan fingerprint density at radius 2 is 2.12 bits per heavy atom. The van der Waals surface area contributed by atoms with Gasteiger partial charge < -0.3 is 10.2 Å². The van der Waals surface area contributed by atoms with Gasteiger partial charge in [-0.1, -0.05) is 0 Å². The van der Waals surface area contributed by atoms with Crippen molar-refractivity contribution in [2.45, 2.75) is 25.9 Å². The topological polar surface area (TPSA) is 103 Å². The van der Waals surface area contributed by atoms with Gasteiger partial charge in [0, 0.05) is 57.2 Å². The molecule has 1 atom stereocenters. The number of carbonyl (C=O) groups excluding carboxylic acids is 1. The molecule has 3 rings (SSSR count). The van der Waals surface area contributed by atoms with Crippen molar-refractivity contribution in [1.29, 1.82) is 0 Å². The normalized spacial score (nSPS) is 16.8. The molecule has 9 nitrogen and oxygen atoms in total. The van der Waals surface area contributed by atoms with E-state index in [1.165, 1.54) is 6.33 Å². The summed E-state index contributed by atoms with van der Waals surface area (Å²) in [6.45, 7) is 5.78. The number of aromatic amines is 1. The number of nitrogens with zero attached hydrogens (tertiary/aromatic N) is 6. The summed E-state index contributed by atoms with van der Waals surface area (Å²) in [7, 11) is 0. The average molecular weight is 330 g/mol. The lowest BCUT2D eigenvalue weighted by atomic mass is 10.2. The van der Waals surface area contributed by atoms with Crippen LogP contribution in [0.3, 0.4) is 0 Å². The van der Waals surface area contributed by atoms with Gasteiger partial charge in [0.1, 0.15) is 12.2 Å². The van der Waals surface area contributed by atoms with Crippen molar-refractivity contribution < 1.29 is 4.79 Å². The molecule has 0 radical (unpaired) electrons. The summed E-state index contributed by atoms with van der Waals surface area (Å²) < 4.78 is 0. The Bertz CT molecular complexity index is 624. The zero-order valence-corrected chi connectivity index (χ0v) is 13.7. The molecule has 9 heteroatoms. The third-order valence-corrected chi connectivity index (χ3v) is 4.00. The lowest BCUT2D eigenvalue weighted by molar-refractivity contribution is 0.132. The fourth-order valence-corrected chi connectivity index (χ4v) is 2.73. The van der Waals surface area contributed by atoms with Crippen LogP contribution in [0.5, 0.6) is 0 Å². The molecule has 2 aromatic rings. The minimum Gasteiger partial charge on any atom is -0.335 e. The molecule has 0 bridgehead atoms. The molecule has 0 spiro atoms. The number of urea groups is 1. The van der Waals surface area contributed by atoms with Crippen molar-refractivity contribution in [1.82, 2.24) is 40.3 Å². The molecule has 24 heavy (non-hydrogen) atoms. The molecule has 0 aliphatic carbocycles. The number of rotatable bonds is 5. The van der Waals surface area contributed by atoms with Crippen molar-refractivity contribution in [3.63, 3.8) is 0 Å².